The molecule has 1 heterocycles. The molecule has 0 bridgehead atoms. The highest BCUT2D eigenvalue weighted by Gasteiger charge is 2.32. The molecule has 0 saturated carbocycles. The normalized spacial score (nSPS) is 12.5. The second-order valence-corrected chi connectivity index (χ2v) is 8.51. The van der Waals surface area contributed by atoms with Gasteiger partial charge in [-0.2, -0.15) is 13.2 Å². The molecule has 0 radical (unpaired) electrons. The summed E-state index contributed by atoms with van der Waals surface area (Å²) in [6, 6.07) is 0.485. The molecule has 1 amide bonds. The van der Waals surface area contributed by atoms with Gasteiger partial charge in [-0.3, -0.25) is 9.59 Å². The van der Waals surface area contributed by atoms with Crippen LogP contribution in [-0.2, 0) is 20.7 Å². The second kappa shape index (κ2) is 11.5. The van der Waals surface area contributed by atoms with Crippen molar-refractivity contribution < 1.29 is 32.3 Å². The van der Waals surface area contributed by atoms with Gasteiger partial charge in [-0.25, -0.2) is 4.79 Å². The summed E-state index contributed by atoms with van der Waals surface area (Å²) >= 11 is 2.47. The highest BCUT2D eigenvalue weighted by molar-refractivity contribution is 8.13. The summed E-state index contributed by atoms with van der Waals surface area (Å²) in [7, 11) is 0. The van der Waals surface area contributed by atoms with Gasteiger partial charge in [0.15, 0.2) is 5.12 Å². The van der Waals surface area contributed by atoms with Crippen LogP contribution < -0.4 is 5.32 Å². The number of nitrogens with one attached hydrogen (secondary N) is 1. The van der Waals surface area contributed by atoms with E-state index in [1.165, 1.54) is 30.0 Å². The first-order valence-electron chi connectivity index (χ1n) is 8.80. The number of hydrogen-bond donors (Lipinski definition) is 1. The van der Waals surface area contributed by atoms with Crippen molar-refractivity contribution in [2.75, 3.05) is 12.4 Å². The molecule has 0 aliphatic carbocycles. The number of thiophene rings is 1. The third-order valence-corrected chi connectivity index (χ3v) is 5.84. The fourth-order valence-corrected chi connectivity index (χ4v) is 4.07. The van der Waals surface area contributed by atoms with E-state index >= 15 is 0 Å². The Balaban J connectivity index is 2.75. The summed E-state index contributed by atoms with van der Waals surface area (Å²) in [5, 5.41) is 2.42. The third kappa shape index (κ3) is 9.09. The van der Waals surface area contributed by atoms with Crippen molar-refractivity contribution in [2.24, 2.45) is 0 Å². The maximum atomic E-state index is 12.5. The molecule has 0 aliphatic heterocycles. The van der Waals surface area contributed by atoms with Gasteiger partial charge in [0.25, 0.3) is 5.91 Å². The maximum absolute atomic E-state index is 12.5. The van der Waals surface area contributed by atoms with Gasteiger partial charge < -0.3 is 10.1 Å². The molecular formula is C18H24F3NO4S2. The number of esters is 1. The number of carbonyl (C=O) groups is 3. The van der Waals surface area contributed by atoms with E-state index in [4.69, 9.17) is 4.74 Å². The molecule has 1 aromatic heterocycles. The molecule has 0 aliphatic rings. The first kappa shape index (κ1) is 24.5. The van der Waals surface area contributed by atoms with E-state index in [1.54, 1.807) is 13.8 Å². The largest absolute Gasteiger partial charge is 0.464 e. The number of halogens is 3. The van der Waals surface area contributed by atoms with Gasteiger partial charge in [-0.15, -0.1) is 11.3 Å². The Bertz CT molecular complexity index is 689. The van der Waals surface area contributed by atoms with Gasteiger partial charge in [-0.05, 0) is 44.7 Å². The Morgan fingerprint density at radius 1 is 1.32 bits per heavy atom. The molecule has 28 heavy (non-hydrogen) atoms. The van der Waals surface area contributed by atoms with Crippen LogP contribution in [0.5, 0.6) is 0 Å². The minimum absolute atomic E-state index is 0.0116. The zero-order valence-electron chi connectivity index (χ0n) is 16.0. The lowest BCUT2D eigenvalue weighted by Gasteiger charge is -2.18. The number of thioether (sulfide) groups is 1. The van der Waals surface area contributed by atoms with Crippen molar-refractivity contribution in [3.63, 3.8) is 0 Å². The summed E-state index contributed by atoms with van der Waals surface area (Å²) in [6.45, 7) is 4.79. The quantitative estimate of drug-likeness (QED) is 0.435. The Hall–Kier alpha value is -1.55. The van der Waals surface area contributed by atoms with Crippen LogP contribution in [0.25, 0.3) is 0 Å². The van der Waals surface area contributed by atoms with Crippen LogP contribution in [0.2, 0.25) is 0 Å². The Labute approximate surface area is 170 Å². The van der Waals surface area contributed by atoms with Gasteiger partial charge in [0.2, 0.25) is 0 Å². The molecular weight excluding hydrogens is 415 g/mol. The SMILES string of the molecule is CCOC(=O)C(CCC(F)(F)F)NC(=O)c1sc(CCCSC(C)=O)cc1C. The molecule has 1 unspecified atom stereocenters. The molecule has 0 spiro atoms. The molecule has 0 aromatic carbocycles. The standard InChI is InChI=1S/C18H24F3NO4S2/c1-4-26-17(25)14(7-8-18(19,20)21)22-16(24)15-11(2)10-13(28-15)6-5-9-27-12(3)23/h10,14H,4-9H2,1-3H3,(H,22,24). The highest BCUT2D eigenvalue weighted by atomic mass is 32.2. The number of rotatable bonds is 10. The lowest BCUT2D eigenvalue weighted by Crippen LogP contribution is -2.42. The van der Waals surface area contributed by atoms with Gasteiger partial charge in [0.1, 0.15) is 6.04 Å². The summed E-state index contributed by atoms with van der Waals surface area (Å²) in [4.78, 5) is 36.6. The van der Waals surface area contributed by atoms with Crippen molar-refractivity contribution >= 4 is 40.1 Å². The number of carbonyl (C=O) groups excluding carboxylic acids is 3. The molecule has 0 saturated heterocycles. The van der Waals surface area contributed by atoms with Gasteiger partial charge in [0.05, 0.1) is 11.5 Å². The molecule has 1 atom stereocenters. The summed E-state index contributed by atoms with van der Waals surface area (Å²) in [5.41, 5.74) is 0.690. The van der Waals surface area contributed by atoms with Gasteiger partial charge >= 0.3 is 12.1 Å². The van der Waals surface area contributed by atoms with Crippen LogP contribution in [0.4, 0.5) is 13.2 Å². The van der Waals surface area contributed by atoms with Crippen molar-refractivity contribution in [1.82, 2.24) is 5.32 Å². The van der Waals surface area contributed by atoms with Crippen LogP contribution in [0.15, 0.2) is 6.07 Å². The number of aryl methyl sites for hydroxylation is 2. The lowest BCUT2D eigenvalue weighted by molar-refractivity contribution is -0.150. The number of ether oxygens (including phenoxy) is 1. The predicted octanol–water partition coefficient (Wildman–Crippen LogP) is 4.27. The van der Waals surface area contributed by atoms with E-state index in [2.05, 4.69) is 5.32 Å². The maximum Gasteiger partial charge on any atom is 0.389 e. The zero-order chi connectivity index (χ0) is 21.3. The van der Waals surface area contributed by atoms with Crippen molar-refractivity contribution in [3.8, 4) is 0 Å². The molecule has 158 valence electrons. The molecule has 1 aromatic rings. The van der Waals surface area contributed by atoms with E-state index in [0.717, 1.165) is 11.3 Å². The zero-order valence-corrected chi connectivity index (χ0v) is 17.6. The van der Waals surface area contributed by atoms with Crippen LogP contribution >= 0.6 is 23.1 Å². The summed E-state index contributed by atoms with van der Waals surface area (Å²) in [6.07, 6.45) is -4.75. The number of alkyl halides is 3. The molecule has 5 nitrogen and oxygen atoms in total. The van der Waals surface area contributed by atoms with E-state index in [1.807, 2.05) is 6.07 Å². The lowest BCUT2D eigenvalue weighted by atomic mass is 10.1. The molecule has 1 rings (SSSR count). The van der Waals surface area contributed by atoms with E-state index in [9.17, 15) is 27.6 Å². The first-order chi connectivity index (χ1) is 13.0. The van der Waals surface area contributed by atoms with Crippen molar-refractivity contribution in [2.45, 2.75) is 58.7 Å². The fraction of sp³-hybridized carbons (Fsp3) is 0.611. The Kier molecular flexibility index (Phi) is 10.0. The Morgan fingerprint density at radius 2 is 2.00 bits per heavy atom. The summed E-state index contributed by atoms with van der Waals surface area (Å²) < 4.78 is 42.3. The Morgan fingerprint density at radius 3 is 2.57 bits per heavy atom. The van der Waals surface area contributed by atoms with Gasteiger partial charge in [0, 0.05) is 24.0 Å². The predicted molar refractivity (Wildman–Crippen MR) is 104 cm³/mol. The van der Waals surface area contributed by atoms with E-state index < -0.39 is 36.9 Å². The molecule has 0 fully saturated rings. The first-order valence-corrected chi connectivity index (χ1v) is 10.6. The minimum atomic E-state index is -4.43. The average molecular weight is 440 g/mol. The number of hydrogen-bond acceptors (Lipinski definition) is 6. The average Bonchev–Trinajstić information content (AvgIpc) is 2.95. The van der Waals surface area contributed by atoms with Gasteiger partial charge in [-0.1, -0.05) is 11.8 Å². The number of amides is 1. The van der Waals surface area contributed by atoms with Crippen LogP contribution in [0.1, 0.15) is 53.2 Å². The third-order valence-electron chi connectivity index (χ3n) is 3.64. The second-order valence-electron chi connectivity index (χ2n) is 6.10. The topological polar surface area (TPSA) is 72.5 Å². The van der Waals surface area contributed by atoms with Crippen LogP contribution in [0, 0.1) is 6.92 Å². The van der Waals surface area contributed by atoms with E-state index in [0.29, 0.717) is 22.6 Å². The van der Waals surface area contributed by atoms with Crippen molar-refractivity contribution in [3.05, 3.63) is 21.4 Å². The monoisotopic (exact) mass is 439 g/mol. The fourth-order valence-electron chi connectivity index (χ4n) is 2.38. The molecule has 10 heteroatoms. The van der Waals surface area contributed by atoms with Crippen LogP contribution in [-0.4, -0.2) is 41.6 Å². The molecule has 1 N–H and O–H groups in total. The minimum Gasteiger partial charge on any atom is -0.464 e. The smallest absolute Gasteiger partial charge is 0.389 e. The summed E-state index contributed by atoms with van der Waals surface area (Å²) in [5.74, 6) is -0.793. The highest BCUT2D eigenvalue weighted by Crippen LogP contribution is 2.25. The van der Waals surface area contributed by atoms with E-state index in [-0.39, 0.29) is 11.7 Å². The van der Waals surface area contributed by atoms with Crippen molar-refractivity contribution in [1.29, 1.82) is 0 Å². The van der Waals surface area contributed by atoms with Crippen LogP contribution in [0.3, 0.4) is 0 Å².